The third-order valence-corrected chi connectivity index (χ3v) is 6.29. The molecular formula is C22H23N7O. The maximum atomic E-state index is 13.2. The van der Waals surface area contributed by atoms with Gasteiger partial charge in [-0.1, -0.05) is 0 Å². The first kappa shape index (κ1) is 17.6. The molecule has 0 radical (unpaired) electrons. The number of nitrogens with one attached hydrogen (secondary N) is 1. The van der Waals surface area contributed by atoms with Gasteiger partial charge in [-0.3, -0.25) is 14.5 Å². The number of pyridine rings is 1. The number of hydrogen-bond donors (Lipinski definition) is 1. The van der Waals surface area contributed by atoms with Gasteiger partial charge in [0.25, 0.3) is 0 Å². The fourth-order valence-corrected chi connectivity index (χ4v) is 4.76. The number of fused-ring (bicyclic) bond motifs is 4. The van der Waals surface area contributed by atoms with E-state index in [0.29, 0.717) is 6.04 Å². The van der Waals surface area contributed by atoms with Gasteiger partial charge in [0.2, 0.25) is 5.91 Å². The lowest BCUT2D eigenvalue weighted by atomic mass is 9.97. The van der Waals surface area contributed by atoms with Crippen molar-refractivity contribution in [1.82, 2.24) is 29.6 Å². The van der Waals surface area contributed by atoms with Crippen LogP contribution in [0.4, 0.5) is 5.82 Å². The Morgan fingerprint density at radius 3 is 2.73 bits per heavy atom. The Labute approximate surface area is 174 Å². The van der Waals surface area contributed by atoms with Crippen molar-refractivity contribution in [2.75, 3.05) is 5.32 Å². The van der Waals surface area contributed by atoms with Gasteiger partial charge < -0.3 is 10.2 Å². The zero-order valence-corrected chi connectivity index (χ0v) is 16.6. The molecule has 2 aliphatic heterocycles. The number of carbonyl (C=O) groups is 1. The lowest BCUT2D eigenvalue weighted by Crippen LogP contribution is -2.44. The van der Waals surface area contributed by atoms with Crippen LogP contribution in [0.15, 0.2) is 43.0 Å². The third-order valence-electron chi connectivity index (χ3n) is 6.29. The zero-order chi connectivity index (χ0) is 20.1. The normalized spacial score (nSPS) is 22.1. The van der Waals surface area contributed by atoms with E-state index in [4.69, 9.17) is 9.97 Å². The molecule has 5 heterocycles. The van der Waals surface area contributed by atoms with E-state index < -0.39 is 0 Å². The molecule has 3 aromatic heterocycles. The van der Waals surface area contributed by atoms with Gasteiger partial charge in [-0.2, -0.15) is 5.10 Å². The molecule has 1 aliphatic carbocycles. The molecule has 30 heavy (non-hydrogen) atoms. The second kappa shape index (κ2) is 6.90. The average Bonchev–Trinajstić information content (AvgIpc) is 3.32. The largest absolute Gasteiger partial charge is 0.367 e. The molecule has 8 heteroatoms. The van der Waals surface area contributed by atoms with E-state index in [1.165, 1.54) is 12.8 Å². The predicted octanol–water partition coefficient (Wildman–Crippen LogP) is 2.60. The van der Waals surface area contributed by atoms with Crippen LogP contribution in [0, 0.1) is 0 Å². The highest BCUT2D eigenvalue weighted by Gasteiger charge is 2.45. The van der Waals surface area contributed by atoms with E-state index in [1.54, 1.807) is 23.3 Å². The molecule has 2 atom stereocenters. The Balaban J connectivity index is 1.39. The molecule has 1 saturated heterocycles. The molecule has 0 aromatic carbocycles. The number of nitrogens with zero attached hydrogens (tertiary/aromatic N) is 6. The number of anilines is 1. The van der Waals surface area contributed by atoms with Crippen LogP contribution in [0.2, 0.25) is 0 Å². The van der Waals surface area contributed by atoms with Crippen molar-refractivity contribution in [1.29, 1.82) is 0 Å². The van der Waals surface area contributed by atoms with Gasteiger partial charge in [0.1, 0.15) is 12.4 Å². The number of hydrogen-bond acceptors (Lipinski definition) is 6. The minimum absolute atomic E-state index is 0.0366. The van der Waals surface area contributed by atoms with Gasteiger partial charge >= 0.3 is 0 Å². The predicted molar refractivity (Wildman–Crippen MR) is 110 cm³/mol. The Hall–Kier alpha value is -3.29. The van der Waals surface area contributed by atoms with Gasteiger partial charge in [-0.25, -0.2) is 9.97 Å². The second-order valence-electron chi connectivity index (χ2n) is 8.37. The van der Waals surface area contributed by atoms with Crippen LogP contribution in [0.1, 0.15) is 43.0 Å². The molecule has 1 N–H and O–H groups in total. The van der Waals surface area contributed by atoms with Crippen molar-refractivity contribution < 1.29 is 4.79 Å². The first-order chi connectivity index (χ1) is 14.8. The smallest absolute Gasteiger partial charge is 0.245 e. The number of amides is 1. The summed E-state index contributed by atoms with van der Waals surface area (Å²) in [6, 6.07) is 6.44. The highest BCUT2D eigenvalue weighted by atomic mass is 16.2. The van der Waals surface area contributed by atoms with Gasteiger partial charge in [-0.05, 0) is 43.9 Å². The number of rotatable bonds is 5. The summed E-state index contributed by atoms with van der Waals surface area (Å²) in [4.78, 5) is 29.2. The van der Waals surface area contributed by atoms with E-state index in [9.17, 15) is 4.79 Å². The minimum Gasteiger partial charge on any atom is -0.367 e. The summed E-state index contributed by atoms with van der Waals surface area (Å²) in [6.45, 7) is 0.274. The molecule has 2 fully saturated rings. The topological polar surface area (TPSA) is 88.8 Å². The summed E-state index contributed by atoms with van der Waals surface area (Å²) in [5.74, 6) is 1.75. The van der Waals surface area contributed by atoms with Gasteiger partial charge in [-0.15, -0.1) is 0 Å². The Morgan fingerprint density at radius 2 is 1.97 bits per heavy atom. The minimum atomic E-state index is 0.0366. The summed E-state index contributed by atoms with van der Waals surface area (Å²) in [5.41, 5.74) is 3.16. The van der Waals surface area contributed by atoms with E-state index in [1.807, 2.05) is 24.4 Å². The molecule has 8 nitrogen and oxygen atoms in total. The maximum absolute atomic E-state index is 13.2. The summed E-state index contributed by atoms with van der Waals surface area (Å²) >= 11 is 0. The fourth-order valence-electron chi connectivity index (χ4n) is 4.76. The molecule has 2 bridgehead atoms. The summed E-state index contributed by atoms with van der Waals surface area (Å²) in [5, 5.41) is 7.82. The standard InChI is InChI=1S/C22H23N7O/c30-19(13-28-11-1-8-24-28)29-16-4-5-18(29)20-17(12-16)26-21(14-6-9-23-10-7-14)27-22(20)25-15-2-3-15/h1,6-11,15-16,18H,2-5,12-13H2,(H,25,26,27)/t16-,18-/m1/s1. The fraction of sp³-hybridized carbons (Fsp3) is 0.409. The van der Waals surface area contributed by atoms with Crippen molar-refractivity contribution in [3.8, 4) is 11.4 Å². The summed E-state index contributed by atoms with van der Waals surface area (Å²) in [6.07, 6.45) is 12.1. The van der Waals surface area contributed by atoms with Crippen LogP contribution in [0.3, 0.4) is 0 Å². The molecule has 152 valence electrons. The first-order valence-electron chi connectivity index (χ1n) is 10.6. The molecular weight excluding hydrogens is 378 g/mol. The van der Waals surface area contributed by atoms with E-state index in [2.05, 4.69) is 20.3 Å². The van der Waals surface area contributed by atoms with Crippen LogP contribution in [0.25, 0.3) is 11.4 Å². The molecule has 3 aliphatic rings. The number of aromatic nitrogens is 5. The third kappa shape index (κ3) is 3.03. The lowest BCUT2D eigenvalue weighted by Gasteiger charge is -2.37. The van der Waals surface area contributed by atoms with Gasteiger partial charge in [0.15, 0.2) is 5.82 Å². The van der Waals surface area contributed by atoms with Crippen molar-refractivity contribution >= 4 is 11.7 Å². The van der Waals surface area contributed by atoms with E-state index >= 15 is 0 Å². The van der Waals surface area contributed by atoms with Gasteiger partial charge in [0, 0.05) is 54.4 Å². The monoisotopic (exact) mass is 401 g/mol. The van der Waals surface area contributed by atoms with Gasteiger partial charge in [0.05, 0.1) is 11.7 Å². The highest BCUT2D eigenvalue weighted by Crippen LogP contribution is 2.46. The molecule has 0 unspecified atom stereocenters. The summed E-state index contributed by atoms with van der Waals surface area (Å²) in [7, 11) is 0. The summed E-state index contributed by atoms with van der Waals surface area (Å²) < 4.78 is 1.70. The van der Waals surface area contributed by atoms with E-state index in [0.717, 1.165) is 47.7 Å². The van der Waals surface area contributed by atoms with Crippen molar-refractivity contribution in [3.05, 3.63) is 54.2 Å². The zero-order valence-electron chi connectivity index (χ0n) is 16.6. The van der Waals surface area contributed by atoms with Crippen LogP contribution in [-0.4, -0.2) is 47.6 Å². The van der Waals surface area contributed by atoms with Crippen LogP contribution in [-0.2, 0) is 17.8 Å². The van der Waals surface area contributed by atoms with Crippen molar-refractivity contribution in [3.63, 3.8) is 0 Å². The first-order valence-corrected chi connectivity index (χ1v) is 10.6. The molecule has 3 aromatic rings. The highest BCUT2D eigenvalue weighted by molar-refractivity contribution is 5.78. The molecule has 1 amide bonds. The van der Waals surface area contributed by atoms with Crippen molar-refractivity contribution in [2.45, 2.75) is 56.8 Å². The molecule has 6 rings (SSSR count). The maximum Gasteiger partial charge on any atom is 0.245 e. The quantitative estimate of drug-likeness (QED) is 0.707. The second-order valence-corrected chi connectivity index (χ2v) is 8.37. The van der Waals surface area contributed by atoms with Crippen molar-refractivity contribution in [2.24, 2.45) is 0 Å². The van der Waals surface area contributed by atoms with Crippen LogP contribution in [0.5, 0.6) is 0 Å². The Morgan fingerprint density at radius 1 is 1.10 bits per heavy atom. The van der Waals surface area contributed by atoms with Crippen LogP contribution >= 0.6 is 0 Å². The average molecular weight is 401 g/mol. The molecule has 0 spiro atoms. The number of carbonyl (C=O) groups excluding carboxylic acids is 1. The molecule has 1 saturated carbocycles. The Kier molecular flexibility index (Phi) is 4.04. The SMILES string of the molecule is O=C(Cn1cccn1)N1[C@@H]2CC[C@@H]1c1c(nc(-c3ccncc3)nc1NC1CC1)C2. The van der Waals surface area contributed by atoms with Crippen LogP contribution < -0.4 is 5.32 Å². The Bertz CT molecular complexity index is 1080. The lowest BCUT2D eigenvalue weighted by molar-refractivity contribution is -0.135. The van der Waals surface area contributed by atoms with E-state index in [-0.39, 0.29) is 24.5 Å².